The lowest BCUT2D eigenvalue weighted by Gasteiger charge is -2.04. The van der Waals surface area contributed by atoms with Crippen LogP contribution in [0, 0.1) is 11.8 Å². The van der Waals surface area contributed by atoms with Crippen molar-refractivity contribution in [2.75, 3.05) is 0 Å². The third-order valence-corrected chi connectivity index (χ3v) is 3.53. The van der Waals surface area contributed by atoms with Crippen LogP contribution in [0.5, 0.6) is 0 Å². The molecule has 3 aromatic rings. The second-order valence-corrected chi connectivity index (χ2v) is 5.17. The van der Waals surface area contributed by atoms with Crippen LogP contribution < -0.4 is 0 Å². The van der Waals surface area contributed by atoms with E-state index in [1.54, 1.807) is 6.07 Å². The molecule has 0 fully saturated rings. The van der Waals surface area contributed by atoms with Gasteiger partial charge in [0.15, 0.2) is 5.78 Å². The Morgan fingerprint density at radius 2 is 1.48 bits per heavy atom. The van der Waals surface area contributed by atoms with E-state index in [0.29, 0.717) is 5.56 Å². The molecular formula is C21H14O2. The molecule has 2 heteroatoms. The molecule has 0 aliphatic heterocycles. The van der Waals surface area contributed by atoms with Crippen LogP contribution in [0.2, 0.25) is 0 Å². The van der Waals surface area contributed by atoms with Gasteiger partial charge in [-0.1, -0.05) is 66.6 Å². The number of hydrogen-bond donors (Lipinski definition) is 0. The normalized spacial score (nSPS) is 9.91. The van der Waals surface area contributed by atoms with Crippen molar-refractivity contribution in [2.24, 2.45) is 0 Å². The predicted molar refractivity (Wildman–Crippen MR) is 91.2 cm³/mol. The molecule has 0 amide bonds. The molecule has 110 valence electrons. The molecule has 0 saturated carbocycles. The maximum atomic E-state index is 12.4. The van der Waals surface area contributed by atoms with Gasteiger partial charge in [-0.3, -0.25) is 9.59 Å². The van der Waals surface area contributed by atoms with Gasteiger partial charge in [-0.15, -0.1) is 0 Å². The number of fused-ring (bicyclic) bond motifs is 1. The number of rotatable bonds is 3. The molecule has 0 heterocycles. The van der Waals surface area contributed by atoms with Gasteiger partial charge in [-0.25, -0.2) is 0 Å². The van der Waals surface area contributed by atoms with Gasteiger partial charge >= 0.3 is 0 Å². The van der Waals surface area contributed by atoms with Crippen molar-refractivity contribution in [1.82, 2.24) is 0 Å². The van der Waals surface area contributed by atoms with E-state index in [-0.39, 0.29) is 18.0 Å². The van der Waals surface area contributed by atoms with Crippen LogP contribution in [-0.4, -0.2) is 11.6 Å². The number of carbonyl (C=O) groups is 2. The molecule has 0 saturated heterocycles. The molecule has 0 N–H and O–H groups in total. The van der Waals surface area contributed by atoms with Crippen molar-refractivity contribution in [3.8, 4) is 11.8 Å². The lowest BCUT2D eigenvalue weighted by molar-refractivity contribution is -0.113. The Balaban J connectivity index is 1.79. The first-order valence-electron chi connectivity index (χ1n) is 7.35. The predicted octanol–water partition coefficient (Wildman–Crippen LogP) is 4.03. The minimum Gasteiger partial charge on any atom is -0.294 e. The Morgan fingerprint density at radius 1 is 0.783 bits per heavy atom. The second-order valence-electron chi connectivity index (χ2n) is 5.17. The summed E-state index contributed by atoms with van der Waals surface area (Å²) in [6.45, 7) is 0. The topological polar surface area (TPSA) is 34.1 Å². The fourth-order valence-electron chi connectivity index (χ4n) is 2.42. The number of Topliss-reactive ketones (excluding diaryl/α,β-unsaturated/α-hetero) is 2. The van der Waals surface area contributed by atoms with Gasteiger partial charge in [0.1, 0.15) is 0 Å². The molecule has 2 nitrogen and oxygen atoms in total. The molecule has 0 aromatic heterocycles. The van der Waals surface area contributed by atoms with Gasteiger partial charge in [0.25, 0.3) is 0 Å². The van der Waals surface area contributed by atoms with Crippen molar-refractivity contribution >= 4 is 22.3 Å². The zero-order chi connectivity index (χ0) is 16.1. The average molecular weight is 298 g/mol. The molecule has 0 aliphatic rings. The maximum Gasteiger partial charge on any atom is 0.213 e. The van der Waals surface area contributed by atoms with Crippen LogP contribution in [0.4, 0.5) is 0 Å². The highest BCUT2D eigenvalue weighted by molar-refractivity contribution is 6.17. The Kier molecular flexibility index (Phi) is 4.31. The number of carbonyl (C=O) groups excluding carboxylic acids is 2. The molecule has 0 unspecified atom stereocenters. The third kappa shape index (κ3) is 3.53. The zero-order valence-electron chi connectivity index (χ0n) is 12.5. The highest BCUT2D eigenvalue weighted by Crippen LogP contribution is 2.19. The van der Waals surface area contributed by atoms with E-state index >= 15 is 0 Å². The summed E-state index contributed by atoms with van der Waals surface area (Å²) in [6, 6.07) is 22.4. The lowest BCUT2D eigenvalue weighted by atomic mass is 9.99. The van der Waals surface area contributed by atoms with Gasteiger partial charge < -0.3 is 0 Å². The second kappa shape index (κ2) is 6.72. The van der Waals surface area contributed by atoms with Gasteiger partial charge in [0.05, 0.1) is 6.42 Å². The third-order valence-electron chi connectivity index (χ3n) is 3.53. The van der Waals surface area contributed by atoms with Crippen LogP contribution in [0.3, 0.4) is 0 Å². The highest BCUT2D eigenvalue weighted by atomic mass is 16.1. The van der Waals surface area contributed by atoms with Crippen molar-refractivity contribution in [2.45, 2.75) is 6.42 Å². The van der Waals surface area contributed by atoms with E-state index < -0.39 is 0 Å². The van der Waals surface area contributed by atoms with Gasteiger partial charge in [-0.2, -0.15) is 0 Å². The summed E-state index contributed by atoms with van der Waals surface area (Å²) in [5, 5.41) is 1.85. The molecule has 3 rings (SSSR count). The van der Waals surface area contributed by atoms with E-state index in [9.17, 15) is 9.59 Å². The summed E-state index contributed by atoms with van der Waals surface area (Å²) in [5.74, 6) is 4.76. The molecule has 23 heavy (non-hydrogen) atoms. The van der Waals surface area contributed by atoms with Gasteiger partial charge in [0.2, 0.25) is 5.78 Å². The lowest BCUT2D eigenvalue weighted by Crippen LogP contribution is -2.07. The van der Waals surface area contributed by atoms with Crippen molar-refractivity contribution in [1.29, 1.82) is 0 Å². The summed E-state index contributed by atoms with van der Waals surface area (Å²) in [7, 11) is 0. The van der Waals surface area contributed by atoms with E-state index in [1.807, 2.05) is 66.7 Å². The average Bonchev–Trinajstić information content (AvgIpc) is 2.60. The largest absolute Gasteiger partial charge is 0.294 e. The van der Waals surface area contributed by atoms with Gasteiger partial charge in [-0.05, 0) is 28.8 Å². The molecule has 3 aromatic carbocycles. The molecule has 0 spiro atoms. The first-order valence-corrected chi connectivity index (χ1v) is 7.35. The monoisotopic (exact) mass is 298 g/mol. The number of hydrogen-bond acceptors (Lipinski definition) is 2. The fourth-order valence-corrected chi connectivity index (χ4v) is 2.42. The summed E-state index contributed by atoms with van der Waals surface area (Å²) < 4.78 is 0. The van der Waals surface area contributed by atoms with E-state index in [1.165, 1.54) is 0 Å². The minimum absolute atomic E-state index is 0.200. The molecular weight excluding hydrogens is 284 g/mol. The molecule has 0 bridgehead atoms. The first-order chi connectivity index (χ1) is 11.2. The summed E-state index contributed by atoms with van der Waals surface area (Å²) in [5.41, 5.74) is 1.33. The van der Waals surface area contributed by atoms with Crippen molar-refractivity contribution in [3.05, 3.63) is 83.9 Å². The number of ketones is 2. The Hall–Kier alpha value is -3.18. The van der Waals surface area contributed by atoms with E-state index in [2.05, 4.69) is 11.8 Å². The highest BCUT2D eigenvalue weighted by Gasteiger charge is 2.12. The van der Waals surface area contributed by atoms with Crippen LogP contribution in [0.25, 0.3) is 10.8 Å². The Bertz CT molecular complexity index is 923. The fraction of sp³-hybridized carbons (Fsp3) is 0.0476. The van der Waals surface area contributed by atoms with E-state index in [4.69, 9.17) is 0 Å². The van der Waals surface area contributed by atoms with Crippen molar-refractivity contribution < 1.29 is 9.59 Å². The zero-order valence-corrected chi connectivity index (χ0v) is 12.5. The van der Waals surface area contributed by atoms with E-state index in [0.717, 1.165) is 16.3 Å². The Morgan fingerprint density at radius 3 is 2.30 bits per heavy atom. The number of benzene rings is 3. The molecule has 0 aliphatic carbocycles. The van der Waals surface area contributed by atoms with Gasteiger partial charge in [0, 0.05) is 11.1 Å². The smallest absolute Gasteiger partial charge is 0.213 e. The summed E-state index contributed by atoms with van der Waals surface area (Å²) in [6.07, 6.45) is -0.201. The quantitative estimate of drug-likeness (QED) is 0.415. The first kappa shape index (κ1) is 14.7. The standard InChI is InChI=1S/C21H14O2/c22-18(14-13-16-7-2-1-3-8-16)15-21(23)20-12-6-10-17-9-4-5-11-19(17)20/h1-12H,15H2. The van der Waals surface area contributed by atoms with Crippen LogP contribution >= 0.6 is 0 Å². The maximum absolute atomic E-state index is 12.4. The van der Waals surface area contributed by atoms with Crippen molar-refractivity contribution in [3.63, 3.8) is 0 Å². The van der Waals surface area contributed by atoms with Crippen LogP contribution in [-0.2, 0) is 4.79 Å². The summed E-state index contributed by atoms with van der Waals surface area (Å²) >= 11 is 0. The molecule has 0 radical (unpaired) electrons. The van der Waals surface area contributed by atoms with Crippen LogP contribution in [0.1, 0.15) is 22.3 Å². The summed E-state index contributed by atoms with van der Waals surface area (Å²) in [4.78, 5) is 24.3. The SMILES string of the molecule is O=C(C#Cc1ccccc1)CC(=O)c1cccc2ccccc12. The molecule has 0 atom stereocenters. The van der Waals surface area contributed by atoms with Crippen LogP contribution in [0.15, 0.2) is 72.8 Å². The minimum atomic E-state index is -0.369. The Labute approximate surface area is 134 Å².